The van der Waals surface area contributed by atoms with Crippen molar-refractivity contribution in [2.45, 2.75) is 0 Å². The van der Waals surface area contributed by atoms with E-state index in [0.717, 1.165) is 5.69 Å². The second-order valence-electron chi connectivity index (χ2n) is 3.44. The molecule has 0 fully saturated rings. The lowest BCUT2D eigenvalue weighted by molar-refractivity contribution is 0.881. The van der Waals surface area contributed by atoms with Gasteiger partial charge in [-0.25, -0.2) is 5.10 Å². The number of hydrogen-bond donors (Lipinski definition) is 1. The first-order chi connectivity index (χ1) is 7.93. The van der Waals surface area contributed by atoms with E-state index in [1.807, 2.05) is 35.5 Å². The van der Waals surface area contributed by atoms with Crippen molar-refractivity contribution in [2.24, 2.45) is 0 Å². The van der Waals surface area contributed by atoms with Gasteiger partial charge in [0.05, 0.1) is 0 Å². The van der Waals surface area contributed by atoms with Crippen LogP contribution in [-0.2, 0) is 0 Å². The van der Waals surface area contributed by atoms with E-state index in [9.17, 15) is 0 Å². The Balaban J connectivity index is 1.78. The van der Waals surface area contributed by atoms with E-state index >= 15 is 0 Å². The van der Waals surface area contributed by atoms with Gasteiger partial charge in [0, 0.05) is 18.1 Å². The van der Waals surface area contributed by atoms with Gasteiger partial charge in [-0.2, -0.15) is 0 Å². The summed E-state index contributed by atoms with van der Waals surface area (Å²) in [4.78, 5) is 4.05. The molecule has 80 valence electrons. The molecular weight excluding hydrogens is 204 g/mol. The Labute approximate surface area is 92.2 Å². The van der Waals surface area contributed by atoms with Crippen molar-refractivity contribution in [1.29, 1.82) is 0 Å². The molecule has 0 aliphatic carbocycles. The standard InChI is InChI=1S/C10H10N6/c1-2-4-9(5-3-1)15-6-7-16(8-15)10-11-13-14-12-10/h1-7H,8H2,(H,11,12,13,14). The van der Waals surface area contributed by atoms with E-state index in [1.165, 1.54) is 0 Å². The van der Waals surface area contributed by atoms with Gasteiger partial charge in [-0.3, -0.25) is 4.90 Å². The molecule has 0 atom stereocenters. The maximum atomic E-state index is 3.86. The van der Waals surface area contributed by atoms with Crippen LogP contribution >= 0.6 is 0 Å². The Bertz CT molecular complexity index is 477. The van der Waals surface area contributed by atoms with E-state index in [2.05, 4.69) is 37.7 Å². The van der Waals surface area contributed by atoms with Gasteiger partial charge in [0.1, 0.15) is 6.67 Å². The lowest BCUT2D eigenvalue weighted by atomic mass is 10.3. The predicted molar refractivity (Wildman–Crippen MR) is 59.6 cm³/mol. The number of anilines is 2. The van der Waals surface area contributed by atoms with Crippen LogP contribution in [0.4, 0.5) is 11.6 Å². The quantitative estimate of drug-likeness (QED) is 0.806. The fourth-order valence-electron chi connectivity index (χ4n) is 1.62. The maximum absolute atomic E-state index is 3.86. The first-order valence-corrected chi connectivity index (χ1v) is 4.94. The zero-order chi connectivity index (χ0) is 10.8. The largest absolute Gasteiger partial charge is 0.328 e. The molecule has 1 aromatic heterocycles. The van der Waals surface area contributed by atoms with E-state index in [0.29, 0.717) is 12.6 Å². The van der Waals surface area contributed by atoms with Crippen molar-refractivity contribution >= 4 is 11.6 Å². The summed E-state index contributed by atoms with van der Waals surface area (Å²) in [5, 5.41) is 13.7. The molecule has 1 aliphatic rings. The molecule has 1 N–H and O–H groups in total. The third kappa shape index (κ3) is 1.50. The number of H-pyrrole nitrogens is 1. The van der Waals surface area contributed by atoms with Gasteiger partial charge in [-0.05, 0) is 22.6 Å². The number of benzene rings is 1. The number of tetrazole rings is 1. The smallest absolute Gasteiger partial charge is 0.248 e. The summed E-state index contributed by atoms with van der Waals surface area (Å²) in [6.07, 6.45) is 3.94. The molecule has 0 unspecified atom stereocenters. The van der Waals surface area contributed by atoms with Crippen LogP contribution < -0.4 is 9.80 Å². The van der Waals surface area contributed by atoms with E-state index in [4.69, 9.17) is 0 Å². The zero-order valence-electron chi connectivity index (χ0n) is 8.48. The molecule has 3 rings (SSSR count). The fraction of sp³-hybridized carbons (Fsp3) is 0.100. The molecule has 0 saturated carbocycles. The van der Waals surface area contributed by atoms with Crippen LogP contribution in [0.3, 0.4) is 0 Å². The number of para-hydroxylation sites is 1. The van der Waals surface area contributed by atoms with Crippen molar-refractivity contribution in [3.8, 4) is 0 Å². The molecule has 0 bridgehead atoms. The molecule has 1 aromatic carbocycles. The maximum Gasteiger partial charge on any atom is 0.248 e. The summed E-state index contributed by atoms with van der Waals surface area (Å²) in [7, 11) is 0. The van der Waals surface area contributed by atoms with Crippen molar-refractivity contribution in [3.63, 3.8) is 0 Å². The van der Waals surface area contributed by atoms with Crippen LogP contribution in [0.25, 0.3) is 0 Å². The van der Waals surface area contributed by atoms with Crippen LogP contribution in [-0.4, -0.2) is 27.3 Å². The minimum absolute atomic E-state index is 0.648. The molecule has 2 aromatic rings. The Morgan fingerprint density at radius 3 is 2.62 bits per heavy atom. The first kappa shape index (κ1) is 8.90. The predicted octanol–water partition coefficient (Wildman–Crippen LogP) is 0.955. The molecule has 2 heterocycles. The topological polar surface area (TPSA) is 60.9 Å². The van der Waals surface area contributed by atoms with Crippen LogP contribution in [0.5, 0.6) is 0 Å². The second kappa shape index (κ2) is 3.65. The fourth-order valence-corrected chi connectivity index (χ4v) is 1.62. The van der Waals surface area contributed by atoms with Crippen molar-refractivity contribution in [1.82, 2.24) is 20.6 Å². The Morgan fingerprint density at radius 1 is 1.06 bits per heavy atom. The Kier molecular flexibility index (Phi) is 2.03. The number of aromatic nitrogens is 4. The third-order valence-electron chi connectivity index (χ3n) is 2.43. The number of hydrogen-bond acceptors (Lipinski definition) is 5. The molecule has 0 spiro atoms. The van der Waals surface area contributed by atoms with Gasteiger partial charge in [-0.1, -0.05) is 23.3 Å². The Hall–Kier alpha value is -2.37. The SMILES string of the molecule is C1=CN(c2nnn[nH]2)CN1c1ccccc1. The molecule has 0 radical (unpaired) electrons. The van der Waals surface area contributed by atoms with Crippen LogP contribution in [0.1, 0.15) is 0 Å². The highest BCUT2D eigenvalue weighted by Crippen LogP contribution is 2.20. The lowest BCUT2D eigenvalue weighted by Crippen LogP contribution is -2.25. The molecule has 16 heavy (non-hydrogen) atoms. The average Bonchev–Trinajstić information content (AvgIpc) is 3.01. The molecule has 1 aliphatic heterocycles. The molecule has 6 heteroatoms. The van der Waals surface area contributed by atoms with Crippen molar-refractivity contribution in [2.75, 3.05) is 16.5 Å². The summed E-state index contributed by atoms with van der Waals surface area (Å²) in [5.41, 5.74) is 1.15. The molecule has 6 nitrogen and oxygen atoms in total. The summed E-state index contributed by atoms with van der Waals surface area (Å²) in [6.45, 7) is 0.709. The number of rotatable bonds is 2. The van der Waals surface area contributed by atoms with Gasteiger partial charge in [0.2, 0.25) is 5.95 Å². The van der Waals surface area contributed by atoms with E-state index in [-0.39, 0.29) is 0 Å². The number of aromatic amines is 1. The molecule has 0 amide bonds. The molecule has 0 saturated heterocycles. The summed E-state index contributed by atoms with van der Waals surface area (Å²) in [6, 6.07) is 10.2. The van der Waals surface area contributed by atoms with Crippen LogP contribution in [0.15, 0.2) is 42.7 Å². The minimum Gasteiger partial charge on any atom is -0.328 e. The first-order valence-electron chi connectivity index (χ1n) is 4.94. The van der Waals surface area contributed by atoms with Crippen LogP contribution in [0, 0.1) is 0 Å². The van der Waals surface area contributed by atoms with E-state index < -0.39 is 0 Å². The van der Waals surface area contributed by atoms with Crippen molar-refractivity contribution in [3.05, 3.63) is 42.7 Å². The van der Waals surface area contributed by atoms with Gasteiger partial charge >= 0.3 is 0 Å². The van der Waals surface area contributed by atoms with Gasteiger partial charge in [0.25, 0.3) is 0 Å². The minimum atomic E-state index is 0.648. The van der Waals surface area contributed by atoms with Crippen LogP contribution in [0.2, 0.25) is 0 Å². The lowest BCUT2D eigenvalue weighted by Gasteiger charge is -2.18. The summed E-state index contributed by atoms with van der Waals surface area (Å²) < 4.78 is 0. The third-order valence-corrected chi connectivity index (χ3v) is 2.43. The Morgan fingerprint density at radius 2 is 1.88 bits per heavy atom. The normalized spacial score (nSPS) is 14.8. The van der Waals surface area contributed by atoms with Gasteiger partial charge in [0.15, 0.2) is 0 Å². The summed E-state index contributed by atoms with van der Waals surface area (Å²) >= 11 is 0. The second-order valence-corrected chi connectivity index (χ2v) is 3.44. The average molecular weight is 214 g/mol. The van der Waals surface area contributed by atoms with E-state index in [1.54, 1.807) is 0 Å². The number of nitrogens with one attached hydrogen (secondary N) is 1. The number of nitrogens with zero attached hydrogens (tertiary/aromatic N) is 5. The molecular formula is C10H10N6. The van der Waals surface area contributed by atoms with Gasteiger partial charge < -0.3 is 4.90 Å². The monoisotopic (exact) mass is 214 g/mol. The zero-order valence-corrected chi connectivity index (χ0v) is 8.48. The van der Waals surface area contributed by atoms with Crippen molar-refractivity contribution < 1.29 is 0 Å². The van der Waals surface area contributed by atoms with Gasteiger partial charge in [-0.15, -0.1) is 0 Å². The highest BCUT2D eigenvalue weighted by atomic mass is 15.5. The summed E-state index contributed by atoms with van der Waals surface area (Å²) in [5.74, 6) is 0.648. The highest BCUT2D eigenvalue weighted by molar-refractivity contribution is 5.54. The highest BCUT2D eigenvalue weighted by Gasteiger charge is 2.17.